The number of piperidine rings is 1. The number of hydrogen-bond donors (Lipinski definition) is 1. The smallest absolute Gasteiger partial charge is 0.308 e. The summed E-state index contributed by atoms with van der Waals surface area (Å²) in [7, 11) is 0. The fraction of sp³-hybridized carbons (Fsp3) is 0.385. The van der Waals surface area contributed by atoms with Gasteiger partial charge in [-0.3, -0.25) is 9.59 Å². The van der Waals surface area contributed by atoms with Crippen molar-refractivity contribution in [2.75, 3.05) is 13.1 Å². The van der Waals surface area contributed by atoms with Crippen molar-refractivity contribution in [2.24, 2.45) is 5.92 Å². The number of hydrogen-bond acceptors (Lipinski definition) is 2. The molecule has 0 bridgehead atoms. The van der Waals surface area contributed by atoms with Crippen molar-refractivity contribution in [1.29, 1.82) is 0 Å². The summed E-state index contributed by atoms with van der Waals surface area (Å²) in [6.45, 7) is -1.12. The Morgan fingerprint density at radius 2 is 2.00 bits per heavy atom. The third-order valence-corrected chi connectivity index (χ3v) is 4.05. The Labute approximate surface area is 129 Å². The number of likely N-dealkylation sites (tertiary alicyclic amines) is 1. The van der Waals surface area contributed by atoms with Gasteiger partial charge in [-0.1, -0.05) is 29.3 Å². The van der Waals surface area contributed by atoms with Crippen molar-refractivity contribution in [3.05, 3.63) is 33.8 Å². The number of carbonyl (C=O) groups is 2. The zero-order chi connectivity index (χ0) is 15.8. The van der Waals surface area contributed by atoms with Gasteiger partial charge in [-0.25, -0.2) is 8.78 Å². The zero-order valence-electron chi connectivity index (χ0n) is 10.7. The van der Waals surface area contributed by atoms with Gasteiger partial charge in [-0.2, -0.15) is 0 Å². The van der Waals surface area contributed by atoms with Crippen molar-refractivity contribution in [2.45, 2.75) is 12.3 Å². The van der Waals surface area contributed by atoms with Crippen molar-refractivity contribution >= 4 is 35.1 Å². The molecule has 1 heterocycles. The predicted molar refractivity (Wildman–Crippen MR) is 73.1 cm³/mol. The van der Waals surface area contributed by atoms with Crippen LogP contribution in [0.25, 0.3) is 0 Å². The first-order chi connectivity index (χ1) is 9.71. The number of carboxylic acids is 1. The monoisotopic (exact) mass is 337 g/mol. The summed E-state index contributed by atoms with van der Waals surface area (Å²) in [5, 5.41) is 9.01. The molecule has 2 rings (SSSR count). The maximum absolute atomic E-state index is 13.6. The van der Waals surface area contributed by atoms with Crippen LogP contribution in [0.3, 0.4) is 0 Å². The topological polar surface area (TPSA) is 57.6 Å². The number of amides is 1. The van der Waals surface area contributed by atoms with Gasteiger partial charge in [-0.15, -0.1) is 0 Å². The minimum Gasteiger partial charge on any atom is -0.481 e. The Morgan fingerprint density at radius 3 is 2.62 bits per heavy atom. The number of carboxylic acid groups (broad SMARTS) is 1. The van der Waals surface area contributed by atoms with Gasteiger partial charge in [0.15, 0.2) is 0 Å². The molecule has 0 radical (unpaired) electrons. The number of nitrogens with zero attached hydrogens (tertiary/aromatic N) is 1. The van der Waals surface area contributed by atoms with Crippen LogP contribution >= 0.6 is 23.2 Å². The highest BCUT2D eigenvalue weighted by atomic mass is 35.5. The summed E-state index contributed by atoms with van der Waals surface area (Å²) in [5.41, 5.74) is -0.0222. The SMILES string of the molecule is O=C(O)C1CN(C(=O)c2cccc(Cl)c2Cl)CC(F)(F)C1. The Morgan fingerprint density at radius 1 is 1.33 bits per heavy atom. The van der Waals surface area contributed by atoms with Gasteiger partial charge in [0.1, 0.15) is 0 Å². The molecule has 1 fully saturated rings. The normalized spacial score (nSPS) is 21.1. The highest BCUT2D eigenvalue weighted by Crippen LogP contribution is 2.33. The third-order valence-electron chi connectivity index (χ3n) is 3.23. The summed E-state index contributed by atoms with van der Waals surface area (Å²) in [4.78, 5) is 24.0. The summed E-state index contributed by atoms with van der Waals surface area (Å²) in [6.07, 6.45) is -0.782. The first-order valence-electron chi connectivity index (χ1n) is 6.05. The van der Waals surface area contributed by atoms with Crippen LogP contribution in [0.2, 0.25) is 10.0 Å². The molecule has 0 aliphatic carbocycles. The van der Waals surface area contributed by atoms with Crippen LogP contribution in [0.5, 0.6) is 0 Å². The van der Waals surface area contributed by atoms with E-state index in [1.165, 1.54) is 18.2 Å². The molecule has 1 N–H and O–H groups in total. The van der Waals surface area contributed by atoms with Crippen molar-refractivity contribution < 1.29 is 23.5 Å². The molecule has 1 unspecified atom stereocenters. The minimum atomic E-state index is -3.25. The average Bonchev–Trinajstić information content (AvgIpc) is 2.39. The van der Waals surface area contributed by atoms with Crippen molar-refractivity contribution in [3.8, 4) is 0 Å². The second kappa shape index (κ2) is 5.77. The number of halogens is 4. The molecule has 1 amide bonds. The molecule has 8 heteroatoms. The van der Waals surface area contributed by atoms with Crippen LogP contribution in [0.15, 0.2) is 18.2 Å². The molecule has 21 heavy (non-hydrogen) atoms. The van der Waals surface area contributed by atoms with Gasteiger partial charge in [0.2, 0.25) is 0 Å². The lowest BCUT2D eigenvalue weighted by atomic mass is 9.94. The van der Waals surface area contributed by atoms with Gasteiger partial charge >= 0.3 is 5.97 Å². The van der Waals surface area contributed by atoms with Crippen LogP contribution in [0, 0.1) is 5.92 Å². The molecule has 1 aromatic carbocycles. The second-order valence-corrected chi connectivity index (χ2v) is 5.67. The molecule has 1 aliphatic heterocycles. The summed E-state index contributed by atoms with van der Waals surface area (Å²) in [5.74, 6) is -6.67. The molecule has 0 saturated carbocycles. The zero-order valence-corrected chi connectivity index (χ0v) is 12.2. The van der Waals surface area contributed by atoms with E-state index in [1.807, 2.05) is 0 Å². The number of aliphatic carboxylic acids is 1. The van der Waals surface area contributed by atoms with E-state index in [4.69, 9.17) is 28.3 Å². The number of alkyl halides is 2. The fourth-order valence-electron chi connectivity index (χ4n) is 2.26. The largest absolute Gasteiger partial charge is 0.481 e. The lowest BCUT2D eigenvalue weighted by Gasteiger charge is -2.36. The Balaban J connectivity index is 2.29. The molecular formula is C13H11Cl2F2NO3. The van der Waals surface area contributed by atoms with Gasteiger partial charge in [0.25, 0.3) is 11.8 Å². The first-order valence-corrected chi connectivity index (χ1v) is 6.81. The number of benzene rings is 1. The van der Waals surface area contributed by atoms with E-state index in [1.54, 1.807) is 0 Å². The Hall–Kier alpha value is -1.40. The van der Waals surface area contributed by atoms with E-state index in [9.17, 15) is 18.4 Å². The lowest BCUT2D eigenvalue weighted by molar-refractivity contribution is -0.151. The molecule has 1 atom stereocenters. The van der Waals surface area contributed by atoms with Gasteiger partial charge in [0.05, 0.1) is 28.1 Å². The highest BCUT2D eigenvalue weighted by Gasteiger charge is 2.44. The van der Waals surface area contributed by atoms with Crippen LogP contribution in [-0.4, -0.2) is 40.9 Å². The van der Waals surface area contributed by atoms with Gasteiger partial charge in [-0.05, 0) is 12.1 Å². The van der Waals surface area contributed by atoms with Crippen LogP contribution < -0.4 is 0 Å². The number of carbonyl (C=O) groups excluding carboxylic acids is 1. The highest BCUT2D eigenvalue weighted by molar-refractivity contribution is 6.43. The maximum Gasteiger partial charge on any atom is 0.308 e. The van der Waals surface area contributed by atoms with Gasteiger partial charge in [0, 0.05) is 13.0 Å². The van der Waals surface area contributed by atoms with E-state index in [0.29, 0.717) is 0 Å². The van der Waals surface area contributed by atoms with Gasteiger partial charge < -0.3 is 10.0 Å². The van der Waals surface area contributed by atoms with E-state index in [2.05, 4.69) is 0 Å². The minimum absolute atomic E-state index is 0.0222. The summed E-state index contributed by atoms with van der Waals surface area (Å²) >= 11 is 11.7. The van der Waals surface area contributed by atoms with E-state index < -0.39 is 36.7 Å². The molecule has 114 valence electrons. The second-order valence-electron chi connectivity index (χ2n) is 4.88. The standard InChI is InChI=1S/C13H11Cl2F2NO3/c14-9-3-1-2-8(10(9)15)11(19)18-5-7(12(20)21)4-13(16,17)6-18/h1-3,7H,4-6H2,(H,20,21). The Bertz CT molecular complexity index is 595. The molecule has 1 saturated heterocycles. The van der Waals surface area contributed by atoms with Crippen LogP contribution in [0.4, 0.5) is 8.78 Å². The fourth-order valence-corrected chi connectivity index (χ4v) is 2.64. The maximum atomic E-state index is 13.6. The first kappa shape index (κ1) is 16.0. The van der Waals surface area contributed by atoms with E-state index in [-0.39, 0.29) is 22.2 Å². The van der Waals surface area contributed by atoms with Crippen molar-refractivity contribution in [3.63, 3.8) is 0 Å². The van der Waals surface area contributed by atoms with E-state index >= 15 is 0 Å². The molecule has 1 aliphatic rings. The quantitative estimate of drug-likeness (QED) is 0.901. The van der Waals surface area contributed by atoms with E-state index in [0.717, 1.165) is 4.90 Å². The van der Waals surface area contributed by atoms with Crippen molar-refractivity contribution in [1.82, 2.24) is 4.90 Å². The average molecular weight is 338 g/mol. The summed E-state index contributed by atoms with van der Waals surface area (Å²) in [6, 6.07) is 4.29. The number of rotatable bonds is 2. The molecular weight excluding hydrogens is 327 g/mol. The molecule has 4 nitrogen and oxygen atoms in total. The molecule has 0 aromatic heterocycles. The van der Waals surface area contributed by atoms with Crippen LogP contribution in [-0.2, 0) is 4.79 Å². The Kier molecular flexibility index (Phi) is 4.39. The molecule has 1 aromatic rings. The third kappa shape index (κ3) is 3.44. The lowest BCUT2D eigenvalue weighted by Crippen LogP contribution is -2.51. The summed E-state index contributed by atoms with van der Waals surface area (Å²) < 4.78 is 27.2. The predicted octanol–water partition coefficient (Wildman–Crippen LogP) is 3.18. The molecule has 0 spiro atoms. The van der Waals surface area contributed by atoms with Crippen LogP contribution in [0.1, 0.15) is 16.8 Å².